The summed E-state index contributed by atoms with van der Waals surface area (Å²) in [5, 5.41) is 7.60. The maximum Gasteiger partial charge on any atom is 1.00 e. The van der Waals surface area contributed by atoms with Crippen molar-refractivity contribution >= 4 is 5.97 Å². The van der Waals surface area contributed by atoms with Crippen molar-refractivity contribution in [3.8, 4) is 0 Å². The minimum absolute atomic E-state index is 0. The first-order valence-corrected chi connectivity index (χ1v) is 2.62. The van der Waals surface area contributed by atoms with Gasteiger partial charge in [-0.3, -0.25) is 4.79 Å². The minimum atomic E-state index is -0.968. The molecule has 0 aliphatic heterocycles. The Kier molecular flexibility index (Phi) is 11.6. The maximum absolute atomic E-state index is 9.24. The summed E-state index contributed by atoms with van der Waals surface area (Å²) < 4.78 is 0. The smallest absolute Gasteiger partial charge is 1.00 e. The molecule has 11 heavy (non-hydrogen) atoms. The zero-order valence-corrected chi connectivity index (χ0v) is 8.32. The van der Waals surface area contributed by atoms with Gasteiger partial charge in [0.05, 0.1) is 12.9 Å². The summed E-state index contributed by atoms with van der Waals surface area (Å²) in [6, 6.07) is 0. The van der Waals surface area contributed by atoms with Crippen LogP contribution >= 0.6 is 0 Å². The number of rotatable bonds is 1. The number of carbonyl (C=O) groups is 1. The topological polar surface area (TPSA) is 92.0 Å². The van der Waals surface area contributed by atoms with E-state index in [1.54, 1.807) is 18.7 Å². The monoisotopic (exact) mass is 167 g/mol. The van der Waals surface area contributed by atoms with Gasteiger partial charge in [0.1, 0.15) is 0 Å². The Labute approximate surface area is 87.8 Å². The number of nitrogens with one attached hydrogen (secondary N) is 1. The number of hydrogen-bond donors (Lipinski definition) is 3. The maximum atomic E-state index is 9.24. The van der Waals surface area contributed by atoms with Crippen molar-refractivity contribution < 1.29 is 40.9 Å². The second-order valence-corrected chi connectivity index (χ2v) is 1.36. The van der Waals surface area contributed by atoms with Crippen LogP contribution in [0.15, 0.2) is 18.7 Å². The standard InChI is InChI=1S/C3H4N2.C2H5NO2.Na.H/c1-2-5-3-4-1;3-1-2(4)5;;/h1-3H,(H,4,5);1,3H2,(H,4,5);;/q;;+1;-1. The van der Waals surface area contributed by atoms with Crippen molar-refractivity contribution in [2.45, 2.75) is 0 Å². The molecular weight excluding hydrogens is 157 g/mol. The molecule has 0 aliphatic rings. The number of H-pyrrole nitrogens is 1. The molecule has 1 heterocycles. The normalized spacial score (nSPS) is 7.00. The second kappa shape index (κ2) is 9.64. The molecule has 5 nitrogen and oxygen atoms in total. The van der Waals surface area contributed by atoms with Gasteiger partial charge in [-0.05, 0) is 0 Å². The molecule has 0 aliphatic carbocycles. The van der Waals surface area contributed by atoms with E-state index in [-0.39, 0.29) is 37.5 Å². The van der Waals surface area contributed by atoms with Gasteiger partial charge in [-0.25, -0.2) is 4.98 Å². The zero-order chi connectivity index (χ0) is 7.82. The Hall–Kier alpha value is -0.360. The second-order valence-electron chi connectivity index (χ2n) is 1.36. The van der Waals surface area contributed by atoms with Gasteiger partial charge in [0.2, 0.25) is 0 Å². The molecule has 6 heteroatoms. The molecule has 0 aromatic carbocycles. The Bertz CT molecular complexity index is 154. The van der Waals surface area contributed by atoms with Crippen LogP contribution in [0.2, 0.25) is 0 Å². The fourth-order valence-corrected chi connectivity index (χ4v) is 0.215. The summed E-state index contributed by atoms with van der Waals surface area (Å²) in [6.45, 7) is -0.278. The van der Waals surface area contributed by atoms with Crippen LogP contribution in [-0.2, 0) is 4.79 Å². The summed E-state index contributed by atoms with van der Waals surface area (Å²) in [4.78, 5) is 15.7. The molecule has 1 aromatic heterocycles. The Balaban J connectivity index is -0.000000116. The van der Waals surface area contributed by atoms with Crippen LogP contribution in [0.4, 0.5) is 0 Å². The van der Waals surface area contributed by atoms with E-state index >= 15 is 0 Å². The van der Waals surface area contributed by atoms with Crippen LogP contribution in [0, 0.1) is 0 Å². The summed E-state index contributed by atoms with van der Waals surface area (Å²) in [5.74, 6) is -0.968. The van der Waals surface area contributed by atoms with E-state index in [2.05, 4.69) is 15.7 Å². The van der Waals surface area contributed by atoms with Crippen LogP contribution in [0.3, 0.4) is 0 Å². The Morgan fingerprint density at radius 1 is 1.82 bits per heavy atom. The molecule has 0 unspecified atom stereocenters. The van der Waals surface area contributed by atoms with Crippen LogP contribution < -0.4 is 35.3 Å². The molecule has 0 bridgehead atoms. The number of aromatic nitrogens is 2. The molecule has 0 spiro atoms. The van der Waals surface area contributed by atoms with E-state index in [0.717, 1.165) is 0 Å². The molecule has 0 amide bonds. The number of aromatic amines is 1. The van der Waals surface area contributed by atoms with Crippen molar-refractivity contribution in [3.63, 3.8) is 0 Å². The van der Waals surface area contributed by atoms with Gasteiger partial charge in [-0.15, -0.1) is 0 Å². The average molecular weight is 167 g/mol. The molecule has 0 atom stereocenters. The van der Waals surface area contributed by atoms with E-state index in [9.17, 15) is 4.79 Å². The molecule has 0 radical (unpaired) electrons. The number of carboxylic acids is 1. The number of imidazole rings is 1. The van der Waals surface area contributed by atoms with Crippen molar-refractivity contribution in [2.24, 2.45) is 5.73 Å². The van der Waals surface area contributed by atoms with Gasteiger partial charge in [0.25, 0.3) is 0 Å². The van der Waals surface area contributed by atoms with Crippen LogP contribution in [-0.4, -0.2) is 27.6 Å². The first-order valence-electron chi connectivity index (χ1n) is 2.62. The summed E-state index contributed by atoms with van der Waals surface area (Å²) in [7, 11) is 0. The predicted octanol–water partition coefficient (Wildman–Crippen LogP) is -3.44. The number of aliphatic carboxylic acids is 1. The van der Waals surface area contributed by atoms with Crippen molar-refractivity contribution in [1.82, 2.24) is 9.97 Å². The molecule has 0 fully saturated rings. The average Bonchev–Trinajstić information content (AvgIpc) is 2.43. The third-order valence-corrected chi connectivity index (χ3v) is 0.581. The van der Waals surface area contributed by atoms with E-state index < -0.39 is 5.97 Å². The number of nitrogens with zero attached hydrogens (tertiary/aromatic N) is 1. The molecular formula is C5H10N3NaO2. The van der Waals surface area contributed by atoms with Gasteiger partial charge in [0, 0.05) is 12.4 Å². The molecule has 1 aromatic rings. The van der Waals surface area contributed by atoms with Gasteiger partial charge >= 0.3 is 35.5 Å². The van der Waals surface area contributed by atoms with Gasteiger partial charge in [-0.1, -0.05) is 0 Å². The van der Waals surface area contributed by atoms with E-state index in [0.29, 0.717) is 0 Å². The number of carboxylic acid groups (broad SMARTS) is 1. The molecule has 58 valence electrons. The van der Waals surface area contributed by atoms with E-state index in [1.807, 2.05) is 0 Å². The van der Waals surface area contributed by atoms with Crippen LogP contribution in [0.25, 0.3) is 0 Å². The van der Waals surface area contributed by atoms with E-state index in [4.69, 9.17) is 5.11 Å². The van der Waals surface area contributed by atoms with Crippen LogP contribution in [0.1, 0.15) is 1.43 Å². The summed E-state index contributed by atoms with van der Waals surface area (Å²) in [6.07, 6.45) is 5.08. The van der Waals surface area contributed by atoms with Crippen molar-refractivity contribution in [2.75, 3.05) is 6.54 Å². The van der Waals surface area contributed by atoms with Crippen molar-refractivity contribution in [1.29, 1.82) is 0 Å². The van der Waals surface area contributed by atoms with Gasteiger partial charge in [-0.2, -0.15) is 0 Å². The number of hydrogen-bond acceptors (Lipinski definition) is 3. The SMILES string of the molecule is NCC(=O)O.[H-].[Na+].c1c[nH]cn1. The molecule has 0 saturated carbocycles. The molecule has 0 saturated heterocycles. The summed E-state index contributed by atoms with van der Waals surface area (Å²) in [5.41, 5.74) is 4.57. The quantitative estimate of drug-likeness (QED) is 0.379. The first kappa shape index (κ1) is 13.2. The first-order chi connectivity index (χ1) is 4.77. The van der Waals surface area contributed by atoms with Gasteiger partial charge in [0.15, 0.2) is 0 Å². The number of nitrogens with two attached hydrogens (primary N) is 1. The zero-order valence-electron chi connectivity index (χ0n) is 7.32. The fourth-order valence-electron chi connectivity index (χ4n) is 0.215. The summed E-state index contributed by atoms with van der Waals surface area (Å²) >= 11 is 0. The molecule has 4 N–H and O–H groups in total. The van der Waals surface area contributed by atoms with Crippen molar-refractivity contribution in [3.05, 3.63) is 18.7 Å². The third-order valence-electron chi connectivity index (χ3n) is 0.581. The third kappa shape index (κ3) is 12.8. The fraction of sp³-hybridized carbons (Fsp3) is 0.200. The largest absolute Gasteiger partial charge is 1.00 e. The molecule has 1 rings (SSSR count). The van der Waals surface area contributed by atoms with Crippen LogP contribution in [0.5, 0.6) is 0 Å². The minimum Gasteiger partial charge on any atom is -1.00 e. The predicted molar refractivity (Wildman–Crippen MR) is 36.4 cm³/mol. The van der Waals surface area contributed by atoms with Gasteiger partial charge < -0.3 is 17.3 Å². The van der Waals surface area contributed by atoms with E-state index in [1.165, 1.54) is 0 Å². The Morgan fingerprint density at radius 3 is 2.45 bits per heavy atom. The Morgan fingerprint density at radius 2 is 2.36 bits per heavy atom.